The third-order valence-corrected chi connectivity index (χ3v) is 4.57. The van der Waals surface area contributed by atoms with E-state index in [4.69, 9.17) is 9.47 Å². The molecule has 1 aliphatic rings. The quantitative estimate of drug-likeness (QED) is 0.764. The van der Waals surface area contributed by atoms with Gasteiger partial charge in [-0.2, -0.15) is 0 Å². The fraction of sp³-hybridized carbons (Fsp3) is 0.409. The van der Waals surface area contributed by atoms with Crippen molar-refractivity contribution >= 4 is 6.09 Å². The second-order valence-corrected chi connectivity index (χ2v) is 7.95. The van der Waals surface area contributed by atoms with Gasteiger partial charge in [-0.1, -0.05) is 30.3 Å². The Labute approximate surface area is 159 Å². The Kier molecular flexibility index (Phi) is 5.51. The lowest BCUT2D eigenvalue weighted by Crippen LogP contribution is -2.38. The molecule has 1 atom stereocenters. The maximum absolute atomic E-state index is 13.3. The molecule has 0 spiro atoms. The number of halogens is 1. The van der Waals surface area contributed by atoms with Gasteiger partial charge in [0.2, 0.25) is 0 Å². The average Bonchev–Trinajstić information content (AvgIpc) is 2.61. The molecule has 0 bridgehead atoms. The van der Waals surface area contributed by atoms with Crippen molar-refractivity contribution in [1.82, 2.24) is 4.90 Å². The normalized spacial score (nSPS) is 16.6. The zero-order valence-electron chi connectivity index (χ0n) is 16.3. The van der Waals surface area contributed by atoms with Crippen LogP contribution in [0, 0.1) is 5.82 Å². The molecule has 2 aromatic carbocycles. The lowest BCUT2D eigenvalue weighted by molar-refractivity contribution is 0.0240. The number of fused-ring (bicyclic) bond motifs is 1. The van der Waals surface area contributed by atoms with Crippen LogP contribution in [0.2, 0.25) is 0 Å². The zero-order chi connectivity index (χ0) is 19.6. The first-order valence-electron chi connectivity index (χ1n) is 9.14. The van der Waals surface area contributed by atoms with Gasteiger partial charge in [0.15, 0.2) is 0 Å². The first kappa shape index (κ1) is 19.4. The van der Waals surface area contributed by atoms with Gasteiger partial charge >= 0.3 is 6.09 Å². The Balaban J connectivity index is 1.83. The maximum Gasteiger partial charge on any atom is 0.410 e. The van der Waals surface area contributed by atoms with Crippen LogP contribution in [-0.2, 0) is 16.1 Å². The number of nitrogens with zero attached hydrogens (tertiary/aromatic N) is 1. The predicted octanol–water partition coefficient (Wildman–Crippen LogP) is 4.97. The third-order valence-electron chi connectivity index (χ3n) is 4.57. The molecule has 27 heavy (non-hydrogen) atoms. The zero-order valence-corrected chi connectivity index (χ0v) is 16.3. The van der Waals surface area contributed by atoms with Crippen molar-refractivity contribution in [2.75, 3.05) is 20.2 Å². The van der Waals surface area contributed by atoms with Crippen LogP contribution in [0.3, 0.4) is 0 Å². The van der Waals surface area contributed by atoms with Crippen molar-refractivity contribution in [2.24, 2.45) is 0 Å². The Morgan fingerprint density at radius 1 is 1.22 bits per heavy atom. The Morgan fingerprint density at radius 3 is 2.59 bits per heavy atom. The van der Waals surface area contributed by atoms with E-state index in [0.717, 1.165) is 16.7 Å². The topological polar surface area (TPSA) is 38.8 Å². The monoisotopic (exact) mass is 371 g/mol. The Bertz CT molecular complexity index is 811. The molecular formula is C22H26FNO3. The molecule has 0 aliphatic carbocycles. The number of amides is 1. The highest BCUT2D eigenvalue weighted by atomic mass is 19.1. The van der Waals surface area contributed by atoms with E-state index in [-0.39, 0.29) is 17.8 Å². The average molecular weight is 371 g/mol. The van der Waals surface area contributed by atoms with Gasteiger partial charge in [-0.25, -0.2) is 9.18 Å². The van der Waals surface area contributed by atoms with Crippen LogP contribution in [0.1, 0.15) is 37.8 Å². The van der Waals surface area contributed by atoms with Gasteiger partial charge in [0, 0.05) is 19.5 Å². The highest BCUT2D eigenvalue weighted by Crippen LogP contribution is 2.34. The standard InChI is InChI=1S/C22H26FNO3/c1-22(2,3)27-21(25)24(4)12-16-13-26-14-20-18(6-5-7-19(16)20)15-8-10-17(23)11-9-15/h5-11,16H,12-14H2,1-4H3. The first-order chi connectivity index (χ1) is 12.7. The molecule has 0 N–H and O–H groups in total. The minimum absolute atomic E-state index is 0.0617. The number of likely N-dealkylation sites (N-methyl/N-ethyl adjacent to an activating group) is 1. The minimum atomic E-state index is -0.526. The summed E-state index contributed by atoms with van der Waals surface area (Å²) in [5.74, 6) is -0.191. The van der Waals surface area contributed by atoms with Crippen LogP contribution in [0.5, 0.6) is 0 Å². The molecule has 1 unspecified atom stereocenters. The van der Waals surface area contributed by atoms with Crippen molar-refractivity contribution < 1.29 is 18.7 Å². The van der Waals surface area contributed by atoms with E-state index in [0.29, 0.717) is 19.8 Å². The van der Waals surface area contributed by atoms with Crippen molar-refractivity contribution in [2.45, 2.75) is 38.9 Å². The summed E-state index contributed by atoms with van der Waals surface area (Å²) >= 11 is 0. The highest BCUT2D eigenvalue weighted by molar-refractivity contribution is 5.70. The van der Waals surface area contributed by atoms with Gasteiger partial charge in [-0.15, -0.1) is 0 Å². The summed E-state index contributed by atoms with van der Waals surface area (Å²) in [4.78, 5) is 13.9. The minimum Gasteiger partial charge on any atom is -0.444 e. The molecule has 1 aliphatic heterocycles. The molecule has 0 saturated heterocycles. The lowest BCUT2D eigenvalue weighted by atomic mass is 9.87. The number of rotatable bonds is 3. The second kappa shape index (κ2) is 7.69. The summed E-state index contributed by atoms with van der Waals surface area (Å²) < 4.78 is 24.5. The van der Waals surface area contributed by atoms with E-state index in [1.54, 1.807) is 24.1 Å². The number of carbonyl (C=O) groups excluding carboxylic acids is 1. The smallest absolute Gasteiger partial charge is 0.410 e. The largest absolute Gasteiger partial charge is 0.444 e. The molecule has 2 aromatic rings. The molecule has 144 valence electrons. The van der Waals surface area contributed by atoms with Crippen LogP contribution >= 0.6 is 0 Å². The van der Waals surface area contributed by atoms with E-state index >= 15 is 0 Å². The number of benzene rings is 2. The van der Waals surface area contributed by atoms with E-state index < -0.39 is 5.60 Å². The van der Waals surface area contributed by atoms with Gasteiger partial charge in [0.05, 0.1) is 13.2 Å². The molecule has 4 nitrogen and oxygen atoms in total. The van der Waals surface area contributed by atoms with Gasteiger partial charge in [0.25, 0.3) is 0 Å². The second-order valence-electron chi connectivity index (χ2n) is 7.95. The maximum atomic E-state index is 13.3. The van der Waals surface area contributed by atoms with Gasteiger partial charge in [-0.3, -0.25) is 0 Å². The first-order valence-corrected chi connectivity index (χ1v) is 9.14. The lowest BCUT2D eigenvalue weighted by Gasteiger charge is -2.31. The summed E-state index contributed by atoms with van der Waals surface area (Å²) in [7, 11) is 1.74. The summed E-state index contributed by atoms with van der Waals surface area (Å²) in [5, 5.41) is 0. The van der Waals surface area contributed by atoms with Gasteiger partial charge in [0.1, 0.15) is 11.4 Å². The summed E-state index contributed by atoms with van der Waals surface area (Å²) in [6, 6.07) is 12.6. The molecule has 5 heteroatoms. The fourth-order valence-corrected chi connectivity index (χ4v) is 3.34. The number of ether oxygens (including phenoxy) is 2. The van der Waals surface area contributed by atoms with Crippen molar-refractivity contribution in [1.29, 1.82) is 0 Å². The summed E-state index contributed by atoms with van der Waals surface area (Å²) in [6.45, 7) is 7.13. The van der Waals surface area contributed by atoms with Crippen molar-refractivity contribution in [3.8, 4) is 11.1 Å². The van der Waals surface area contributed by atoms with Crippen LogP contribution in [0.25, 0.3) is 11.1 Å². The molecule has 0 radical (unpaired) electrons. The number of carbonyl (C=O) groups is 1. The molecule has 1 heterocycles. The number of hydrogen-bond donors (Lipinski definition) is 0. The van der Waals surface area contributed by atoms with Crippen molar-refractivity contribution in [3.05, 3.63) is 59.4 Å². The predicted molar refractivity (Wildman–Crippen MR) is 103 cm³/mol. The van der Waals surface area contributed by atoms with E-state index in [1.807, 2.05) is 32.9 Å². The molecule has 0 saturated carbocycles. The van der Waals surface area contributed by atoms with Crippen LogP contribution in [-0.4, -0.2) is 36.8 Å². The fourth-order valence-electron chi connectivity index (χ4n) is 3.34. The van der Waals surface area contributed by atoms with Gasteiger partial charge in [-0.05, 0) is 55.2 Å². The Hall–Kier alpha value is -2.40. The summed E-state index contributed by atoms with van der Waals surface area (Å²) in [5.41, 5.74) is 3.73. The van der Waals surface area contributed by atoms with E-state index in [2.05, 4.69) is 6.07 Å². The molecule has 0 aromatic heterocycles. The SMILES string of the molecule is CN(CC1COCc2c(-c3ccc(F)cc3)cccc21)C(=O)OC(C)(C)C. The highest BCUT2D eigenvalue weighted by Gasteiger charge is 2.27. The summed E-state index contributed by atoms with van der Waals surface area (Å²) in [6.07, 6.45) is -0.343. The van der Waals surface area contributed by atoms with Crippen LogP contribution in [0.4, 0.5) is 9.18 Å². The molecule has 1 amide bonds. The van der Waals surface area contributed by atoms with E-state index in [1.165, 1.54) is 17.7 Å². The molecule has 0 fully saturated rings. The van der Waals surface area contributed by atoms with Gasteiger partial charge < -0.3 is 14.4 Å². The third kappa shape index (κ3) is 4.66. The van der Waals surface area contributed by atoms with Crippen molar-refractivity contribution in [3.63, 3.8) is 0 Å². The molecule has 3 rings (SSSR count). The van der Waals surface area contributed by atoms with Crippen LogP contribution in [0.15, 0.2) is 42.5 Å². The Morgan fingerprint density at radius 2 is 1.93 bits per heavy atom. The van der Waals surface area contributed by atoms with E-state index in [9.17, 15) is 9.18 Å². The molecular weight excluding hydrogens is 345 g/mol. The van der Waals surface area contributed by atoms with Crippen LogP contribution < -0.4 is 0 Å². The number of hydrogen-bond acceptors (Lipinski definition) is 3.